The van der Waals surface area contributed by atoms with Crippen LogP contribution in [-0.2, 0) is 30.2 Å². The zero-order chi connectivity index (χ0) is 25.9. The molecule has 2 fully saturated rings. The molecule has 192 valence electrons. The molecule has 2 bridgehead atoms. The van der Waals surface area contributed by atoms with E-state index < -0.39 is 42.1 Å². The predicted molar refractivity (Wildman–Crippen MR) is 127 cm³/mol. The first-order chi connectivity index (χ1) is 17.2. The number of fused-ring (bicyclic) bond motifs is 2. The van der Waals surface area contributed by atoms with Gasteiger partial charge in [-0.05, 0) is 29.3 Å². The smallest absolute Gasteiger partial charge is 0.334 e. The number of phenolic OH excluding ortho intramolecular Hbond substituents is 1. The highest BCUT2D eigenvalue weighted by molar-refractivity contribution is 5.94. The third kappa shape index (κ3) is 5.52. The second-order valence-corrected chi connectivity index (χ2v) is 8.79. The highest BCUT2D eigenvalue weighted by Crippen LogP contribution is 2.35. The molecule has 0 spiro atoms. The fourth-order valence-corrected chi connectivity index (χ4v) is 4.40. The van der Waals surface area contributed by atoms with Gasteiger partial charge in [0.15, 0.2) is 23.7 Å². The summed E-state index contributed by atoms with van der Waals surface area (Å²) in [6, 6.07) is 13.8. The zero-order valence-electron chi connectivity index (χ0n) is 19.9. The summed E-state index contributed by atoms with van der Waals surface area (Å²) in [6.07, 6.45) is -3.26. The number of methoxy groups -OCH3 is 1. The third-order valence-electron chi connectivity index (χ3n) is 6.12. The Labute approximate surface area is 208 Å². The van der Waals surface area contributed by atoms with E-state index >= 15 is 0 Å². The number of rotatable bonds is 7. The first kappa shape index (κ1) is 25.6. The molecule has 0 radical (unpaired) electrons. The molecule has 0 amide bonds. The minimum absolute atomic E-state index is 0.0547. The highest BCUT2D eigenvalue weighted by atomic mass is 16.7. The van der Waals surface area contributed by atoms with Crippen LogP contribution in [0.15, 0.2) is 54.1 Å². The molecule has 4 N–H and O–H groups in total. The number of aliphatic hydroxyl groups is 2. The van der Waals surface area contributed by atoms with Crippen molar-refractivity contribution in [1.29, 1.82) is 0 Å². The molecule has 2 heterocycles. The Kier molecular flexibility index (Phi) is 7.60. The van der Waals surface area contributed by atoms with Gasteiger partial charge in [0, 0.05) is 25.5 Å². The SMILES string of the molecule is COc1cc(C=C(Cc2ccccc2)C(=O)O[C@@H]2[C@@H](OC(C)=O)[C@@H](O)[C@H]3CNC[C@@]2(O)O3)ccc1O. The van der Waals surface area contributed by atoms with Gasteiger partial charge < -0.3 is 39.6 Å². The summed E-state index contributed by atoms with van der Waals surface area (Å²) in [6.45, 7) is 1.29. The summed E-state index contributed by atoms with van der Waals surface area (Å²) in [7, 11) is 1.41. The quantitative estimate of drug-likeness (QED) is 0.321. The summed E-state index contributed by atoms with van der Waals surface area (Å²) in [5.74, 6) is -3.35. The molecule has 10 heteroatoms. The van der Waals surface area contributed by atoms with Gasteiger partial charge in [0.05, 0.1) is 13.7 Å². The van der Waals surface area contributed by atoms with E-state index in [1.54, 1.807) is 18.2 Å². The minimum Gasteiger partial charge on any atom is -0.504 e. The number of hydrogen-bond donors (Lipinski definition) is 4. The van der Waals surface area contributed by atoms with Crippen LogP contribution in [0.25, 0.3) is 6.08 Å². The number of carbonyl (C=O) groups is 2. The molecule has 0 unspecified atom stereocenters. The molecule has 36 heavy (non-hydrogen) atoms. The number of aromatic hydroxyl groups is 1. The van der Waals surface area contributed by atoms with Gasteiger partial charge in [-0.25, -0.2) is 4.79 Å². The Bertz CT molecular complexity index is 1140. The number of carbonyl (C=O) groups excluding carboxylic acids is 2. The molecule has 0 saturated carbocycles. The summed E-state index contributed by atoms with van der Waals surface area (Å²) < 4.78 is 21.8. The molecule has 2 aromatic carbocycles. The van der Waals surface area contributed by atoms with E-state index in [0.717, 1.165) is 12.5 Å². The summed E-state index contributed by atoms with van der Waals surface area (Å²) in [5, 5.41) is 34.7. The van der Waals surface area contributed by atoms with E-state index in [1.807, 2.05) is 30.3 Å². The Morgan fingerprint density at radius 3 is 2.64 bits per heavy atom. The Balaban J connectivity index is 1.68. The molecule has 0 aromatic heterocycles. The van der Waals surface area contributed by atoms with E-state index in [2.05, 4.69) is 5.32 Å². The number of esters is 2. The van der Waals surface area contributed by atoms with Crippen LogP contribution in [0.5, 0.6) is 11.5 Å². The van der Waals surface area contributed by atoms with Crippen LogP contribution in [0.2, 0.25) is 0 Å². The van der Waals surface area contributed by atoms with Crippen LogP contribution in [0.3, 0.4) is 0 Å². The van der Waals surface area contributed by atoms with Gasteiger partial charge in [0.25, 0.3) is 0 Å². The molecule has 2 aromatic rings. The van der Waals surface area contributed by atoms with Crippen molar-refractivity contribution in [1.82, 2.24) is 5.32 Å². The minimum atomic E-state index is -2.02. The van der Waals surface area contributed by atoms with Crippen molar-refractivity contribution < 1.29 is 43.9 Å². The van der Waals surface area contributed by atoms with Gasteiger partial charge in [0.2, 0.25) is 5.79 Å². The monoisotopic (exact) mass is 499 g/mol. The van der Waals surface area contributed by atoms with Gasteiger partial charge in [-0.2, -0.15) is 0 Å². The molecule has 5 atom stereocenters. The van der Waals surface area contributed by atoms with E-state index in [-0.39, 0.29) is 36.6 Å². The Morgan fingerprint density at radius 1 is 1.19 bits per heavy atom. The standard InChI is InChI=1S/C26H29NO9/c1-15(28)34-23-22(30)21-13-27-14-26(32,36-21)24(23)35-25(31)18(10-16-6-4-3-5-7-16)11-17-8-9-19(29)20(12-17)33-2/h3-9,11-12,21-24,27,29-30,32H,10,13-14H2,1-2H3/t21-,22+,23+,24-,26-/m1/s1. The van der Waals surface area contributed by atoms with E-state index in [1.165, 1.54) is 13.2 Å². The lowest BCUT2D eigenvalue weighted by atomic mass is 9.89. The first-order valence-electron chi connectivity index (χ1n) is 11.5. The van der Waals surface area contributed by atoms with E-state index in [9.17, 15) is 24.9 Å². The Hall–Kier alpha value is -3.44. The zero-order valence-corrected chi connectivity index (χ0v) is 19.9. The van der Waals surface area contributed by atoms with Crippen molar-refractivity contribution in [3.8, 4) is 11.5 Å². The van der Waals surface area contributed by atoms with Crippen LogP contribution in [0, 0.1) is 0 Å². The number of phenols is 1. The van der Waals surface area contributed by atoms with Gasteiger partial charge in [0.1, 0.15) is 12.2 Å². The van der Waals surface area contributed by atoms with Gasteiger partial charge >= 0.3 is 11.9 Å². The van der Waals surface area contributed by atoms with Gasteiger partial charge in [-0.3, -0.25) is 4.79 Å². The number of β-amino-alcohol motifs (C(OH)–C–C–N with tert-alkyl or cyclic N) is 1. The maximum atomic E-state index is 13.5. The topological polar surface area (TPSA) is 144 Å². The summed E-state index contributed by atoms with van der Waals surface area (Å²) in [4.78, 5) is 25.3. The maximum Gasteiger partial charge on any atom is 0.334 e. The average molecular weight is 500 g/mol. The summed E-state index contributed by atoms with van der Waals surface area (Å²) >= 11 is 0. The fraction of sp³-hybridized carbons (Fsp3) is 0.385. The number of aliphatic hydroxyl groups excluding tert-OH is 1. The van der Waals surface area contributed by atoms with Crippen molar-refractivity contribution in [2.24, 2.45) is 0 Å². The lowest BCUT2D eigenvalue weighted by molar-refractivity contribution is -0.355. The number of nitrogens with one attached hydrogen (secondary N) is 1. The van der Waals surface area contributed by atoms with Crippen molar-refractivity contribution in [2.75, 3.05) is 20.2 Å². The first-order valence-corrected chi connectivity index (χ1v) is 11.5. The largest absolute Gasteiger partial charge is 0.504 e. The highest BCUT2D eigenvalue weighted by Gasteiger charge is 2.59. The molecule has 4 rings (SSSR count). The molecule has 0 aliphatic carbocycles. The molecular formula is C26H29NO9. The van der Waals surface area contributed by atoms with Gasteiger partial charge in [-0.1, -0.05) is 36.4 Å². The normalized spacial score (nSPS) is 27.7. The predicted octanol–water partition coefficient (Wildman–Crippen LogP) is 0.922. The second-order valence-electron chi connectivity index (χ2n) is 8.79. The fourth-order valence-electron chi connectivity index (χ4n) is 4.40. The Morgan fingerprint density at radius 2 is 1.94 bits per heavy atom. The van der Waals surface area contributed by atoms with Crippen LogP contribution in [0.1, 0.15) is 18.1 Å². The van der Waals surface area contributed by atoms with Crippen LogP contribution in [0.4, 0.5) is 0 Å². The van der Waals surface area contributed by atoms with Crippen LogP contribution >= 0.6 is 0 Å². The second kappa shape index (κ2) is 10.7. The van der Waals surface area contributed by atoms with Crippen LogP contribution < -0.4 is 10.1 Å². The maximum absolute atomic E-state index is 13.5. The summed E-state index contributed by atoms with van der Waals surface area (Å²) in [5.41, 5.74) is 1.59. The van der Waals surface area contributed by atoms with Crippen molar-refractivity contribution in [3.05, 3.63) is 65.2 Å². The number of morpholine rings is 1. The lowest BCUT2D eigenvalue weighted by Crippen LogP contribution is -2.73. The molecular weight excluding hydrogens is 470 g/mol. The lowest BCUT2D eigenvalue weighted by Gasteiger charge is -2.51. The van der Waals surface area contributed by atoms with Crippen molar-refractivity contribution in [3.63, 3.8) is 0 Å². The van der Waals surface area contributed by atoms with Gasteiger partial charge in [-0.15, -0.1) is 0 Å². The molecule has 2 aliphatic rings. The molecule has 2 aliphatic heterocycles. The number of hydrogen-bond acceptors (Lipinski definition) is 10. The number of benzene rings is 2. The van der Waals surface area contributed by atoms with Crippen molar-refractivity contribution in [2.45, 2.75) is 43.5 Å². The average Bonchev–Trinajstić information content (AvgIpc) is 2.86. The third-order valence-corrected chi connectivity index (χ3v) is 6.12. The van der Waals surface area contributed by atoms with E-state index in [0.29, 0.717) is 5.56 Å². The number of ether oxygens (including phenoxy) is 4. The van der Waals surface area contributed by atoms with Crippen LogP contribution in [-0.4, -0.2) is 77.7 Å². The molecule has 10 nitrogen and oxygen atoms in total. The molecule has 2 saturated heterocycles. The van der Waals surface area contributed by atoms with Crippen molar-refractivity contribution >= 4 is 18.0 Å². The van der Waals surface area contributed by atoms with E-state index in [4.69, 9.17) is 18.9 Å².